The van der Waals surface area contributed by atoms with E-state index in [-0.39, 0.29) is 6.10 Å². The summed E-state index contributed by atoms with van der Waals surface area (Å²) in [5, 5.41) is 16.4. The standard InChI is InChI=1S/C20H33N3O2/c1-3-14-25-19-7-5-6-16(15-19)12-13-22-20(21-4-2)23-17-8-10-18(24)11-9-17/h5-7,15,17-18,24H,3-4,8-14H2,1-2H3,(H2,21,22,23). The van der Waals surface area contributed by atoms with Crippen molar-refractivity contribution in [2.45, 2.75) is 64.5 Å². The van der Waals surface area contributed by atoms with Gasteiger partial charge in [0.25, 0.3) is 0 Å². The molecule has 2 rings (SSSR count). The first-order chi connectivity index (χ1) is 12.2. The molecule has 1 aliphatic carbocycles. The molecule has 1 saturated carbocycles. The molecule has 0 bridgehead atoms. The maximum Gasteiger partial charge on any atom is 0.191 e. The van der Waals surface area contributed by atoms with Crippen LogP contribution >= 0.6 is 0 Å². The van der Waals surface area contributed by atoms with Crippen molar-refractivity contribution in [3.05, 3.63) is 29.8 Å². The highest BCUT2D eigenvalue weighted by molar-refractivity contribution is 5.80. The molecule has 140 valence electrons. The van der Waals surface area contributed by atoms with E-state index in [1.807, 2.05) is 12.1 Å². The minimum atomic E-state index is -0.125. The molecule has 5 nitrogen and oxygen atoms in total. The number of aliphatic hydroxyl groups excluding tert-OH is 1. The van der Waals surface area contributed by atoms with E-state index in [4.69, 9.17) is 9.73 Å². The van der Waals surface area contributed by atoms with Gasteiger partial charge in [-0.25, -0.2) is 0 Å². The molecule has 0 spiro atoms. The lowest BCUT2D eigenvalue weighted by atomic mass is 9.93. The number of guanidine groups is 1. The van der Waals surface area contributed by atoms with Gasteiger partial charge in [-0.3, -0.25) is 4.99 Å². The van der Waals surface area contributed by atoms with Crippen molar-refractivity contribution >= 4 is 5.96 Å². The minimum Gasteiger partial charge on any atom is -0.494 e. The molecule has 25 heavy (non-hydrogen) atoms. The van der Waals surface area contributed by atoms with Crippen molar-refractivity contribution in [3.8, 4) is 5.75 Å². The number of benzene rings is 1. The van der Waals surface area contributed by atoms with Crippen LogP contribution in [0.1, 0.15) is 51.5 Å². The van der Waals surface area contributed by atoms with Crippen LogP contribution in [0.2, 0.25) is 0 Å². The van der Waals surface area contributed by atoms with Gasteiger partial charge in [0, 0.05) is 19.1 Å². The summed E-state index contributed by atoms with van der Waals surface area (Å²) in [5.74, 6) is 1.82. The predicted octanol–water partition coefficient (Wildman–Crippen LogP) is 2.88. The first-order valence-electron chi connectivity index (χ1n) is 9.66. The molecule has 0 unspecified atom stereocenters. The number of hydrogen-bond donors (Lipinski definition) is 3. The number of nitrogens with one attached hydrogen (secondary N) is 2. The summed E-state index contributed by atoms with van der Waals surface area (Å²) in [6.45, 7) is 6.53. The topological polar surface area (TPSA) is 65.9 Å². The van der Waals surface area contributed by atoms with E-state index in [0.29, 0.717) is 6.04 Å². The third-order valence-corrected chi connectivity index (χ3v) is 4.42. The summed E-state index contributed by atoms with van der Waals surface area (Å²) in [7, 11) is 0. The molecular weight excluding hydrogens is 314 g/mol. The van der Waals surface area contributed by atoms with Crippen LogP contribution in [0.4, 0.5) is 0 Å². The van der Waals surface area contributed by atoms with E-state index >= 15 is 0 Å². The normalized spacial score (nSPS) is 21.0. The van der Waals surface area contributed by atoms with E-state index in [9.17, 15) is 5.11 Å². The average Bonchev–Trinajstić information content (AvgIpc) is 2.62. The molecule has 1 aromatic carbocycles. The second kappa shape index (κ2) is 11.0. The number of aliphatic hydroxyl groups is 1. The molecule has 1 aliphatic rings. The minimum absolute atomic E-state index is 0.125. The van der Waals surface area contributed by atoms with Gasteiger partial charge in [0.2, 0.25) is 0 Å². The molecule has 0 amide bonds. The Morgan fingerprint density at radius 2 is 2.04 bits per heavy atom. The van der Waals surface area contributed by atoms with Gasteiger partial charge in [-0.1, -0.05) is 19.1 Å². The predicted molar refractivity (Wildman–Crippen MR) is 103 cm³/mol. The zero-order chi connectivity index (χ0) is 17.9. The van der Waals surface area contributed by atoms with Gasteiger partial charge < -0.3 is 20.5 Å². The largest absolute Gasteiger partial charge is 0.494 e. The Morgan fingerprint density at radius 3 is 2.76 bits per heavy atom. The molecule has 1 aromatic rings. The fraction of sp³-hybridized carbons (Fsp3) is 0.650. The van der Waals surface area contributed by atoms with Crippen molar-refractivity contribution in [2.24, 2.45) is 4.99 Å². The zero-order valence-corrected chi connectivity index (χ0v) is 15.6. The Labute approximate surface area is 151 Å². The third kappa shape index (κ3) is 7.34. The molecule has 0 radical (unpaired) electrons. The van der Waals surface area contributed by atoms with Crippen LogP contribution in [0.15, 0.2) is 29.3 Å². The summed E-state index contributed by atoms with van der Waals surface area (Å²) in [5.41, 5.74) is 1.24. The number of rotatable bonds is 8. The Hall–Kier alpha value is -1.75. The van der Waals surface area contributed by atoms with E-state index in [1.54, 1.807) is 0 Å². The smallest absolute Gasteiger partial charge is 0.191 e. The van der Waals surface area contributed by atoms with Gasteiger partial charge in [0.15, 0.2) is 5.96 Å². The summed E-state index contributed by atoms with van der Waals surface area (Å²) in [6.07, 6.45) is 5.54. The van der Waals surface area contributed by atoms with Gasteiger partial charge in [0.1, 0.15) is 5.75 Å². The first-order valence-corrected chi connectivity index (χ1v) is 9.66. The van der Waals surface area contributed by atoms with Crippen LogP contribution in [-0.2, 0) is 6.42 Å². The fourth-order valence-corrected chi connectivity index (χ4v) is 3.04. The summed E-state index contributed by atoms with van der Waals surface area (Å²) in [6, 6.07) is 8.68. The summed E-state index contributed by atoms with van der Waals surface area (Å²) < 4.78 is 5.69. The zero-order valence-electron chi connectivity index (χ0n) is 15.6. The Kier molecular flexibility index (Phi) is 8.60. The molecule has 3 N–H and O–H groups in total. The second-order valence-corrected chi connectivity index (χ2v) is 6.66. The van der Waals surface area contributed by atoms with Crippen molar-refractivity contribution in [3.63, 3.8) is 0 Å². The van der Waals surface area contributed by atoms with Crippen molar-refractivity contribution in [1.82, 2.24) is 10.6 Å². The number of nitrogens with zero attached hydrogens (tertiary/aromatic N) is 1. The van der Waals surface area contributed by atoms with E-state index < -0.39 is 0 Å². The van der Waals surface area contributed by atoms with Gasteiger partial charge >= 0.3 is 0 Å². The highest BCUT2D eigenvalue weighted by Crippen LogP contribution is 2.18. The Balaban J connectivity index is 1.84. The molecule has 0 saturated heterocycles. The highest BCUT2D eigenvalue weighted by Gasteiger charge is 2.19. The van der Waals surface area contributed by atoms with Crippen LogP contribution in [0.25, 0.3) is 0 Å². The third-order valence-electron chi connectivity index (χ3n) is 4.42. The van der Waals surface area contributed by atoms with Crippen LogP contribution < -0.4 is 15.4 Å². The van der Waals surface area contributed by atoms with E-state index in [0.717, 1.165) is 69.9 Å². The maximum atomic E-state index is 9.62. The summed E-state index contributed by atoms with van der Waals surface area (Å²) >= 11 is 0. The molecule has 5 heteroatoms. The monoisotopic (exact) mass is 347 g/mol. The molecule has 0 heterocycles. The lowest BCUT2D eigenvalue weighted by Crippen LogP contribution is -2.45. The Bertz CT molecular complexity index is 525. The van der Waals surface area contributed by atoms with Gasteiger partial charge in [0.05, 0.1) is 12.7 Å². The SMILES string of the molecule is CCCOc1cccc(CCN=C(NCC)NC2CCC(O)CC2)c1. The molecule has 0 aromatic heterocycles. The van der Waals surface area contributed by atoms with Gasteiger partial charge in [-0.15, -0.1) is 0 Å². The van der Waals surface area contributed by atoms with Crippen LogP contribution in [0.3, 0.4) is 0 Å². The number of aliphatic imine (C=N–C) groups is 1. The highest BCUT2D eigenvalue weighted by atomic mass is 16.5. The lowest BCUT2D eigenvalue weighted by molar-refractivity contribution is 0.120. The number of hydrogen-bond acceptors (Lipinski definition) is 3. The fourth-order valence-electron chi connectivity index (χ4n) is 3.04. The molecular formula is C20H33N3O2. The molecule has 1 fully saturated rings. The maximum absolute atomic E-state index is 9.62. The quantitative estimate of drug-likeness (QED) is 0.500. The summed E-state index contributed by atoms with van der Waals surface area (Å²) in [4.78, 5) is 4.70. The van der Waals surface area contributed by atoms with Crippen LogP contribution in [0, 0.1) is 0 Å². The number of ether oxygens (including phenoxy) is 1. The van der Waals surface area contributed by atoms with Crippen molar-refractivity contribution in [1.29, 1.82) is 0 Å². The lowest BCUT2D eigenvalue weighted by Gasteiger charge is -2.27. The average molecular weight is 348 g/mol. The molecule has 0 atom stereocenters. The van der Waals surface area contributed by atoms with Crippen LogP contribution in [0.5, 0.6) is 5.75 Å². The second-order valence-electron chi connectivity index (χ2n) is 6.66. The first kappa shape index (κ1) is 19.6. The Morgan fingerprint density at radius 1 is 1.24 bits per heavy atom. The van der Waals surface area contributed by atoms with Crippen molar-refractivity contribution < 1.29 is 9.84 Å². The van der Waals surface area contributed by atoms with E-state index in [1.165, 1.54) is 5.56 Å². The van der Waals surface area contributed by atoms with Gasteiger partial charge in [-0.05, 0) is 63.1 Å². The van der Waals surface area contributed by atoms with Crippen molar-refractivity contribution in [2.75, 3.05) is 19.7 Å². The van der Waals surface area contributed by atoms with Gasteiger partial charge in [-0.2, -0.15) is 0 Å². The molecule has 0 aliphatic heterocycles. The van der Waals surface area contributed by atoms with E-state index in [2.05, 4.69) is 36.6 Å². The van der Waals surface area contributed by atoms with Crippen LogP contribution in [-0.4, -0.2) is 42.9 Å².